The molecule has 158 valence electrons. The second kappa shape index (κ2) is 7.80. The van der Waals surface area contributed by atoms with Crippen molar-refractivity contribution in [3.8, 4) is 5.75 Å². The molecule has 2 heterocycles. The van der Waals surface area contributed by atoms with Crippen molar-refractivity contribution in [2.24, 2.45) is 0 Å². The van der Waals surface area contributed by atoms with Gasteiger partial charge in [-0.15, -0.1) is 0 Å². The minimum Gasteiger partial charge on any atom is -0.497 e. The van der Waals surface area contributed by atoms with Crippen LogP contribution >= 0.6 is 0 Å². The molecule has 5 nitrogen and oxygen atoms in total. The van der Waals surface area contributed by atoms with Gasteiger partial charge in [0.15, 0.2) is 0 Å². The number of piperidine rings is 1. The Kier molecular flexibility index (Phi) is 5.33. The molecule has 1 amide bonds. The van der Waals surface area contributed by atoms with Crippen molar-refractivity contribution in [3.63, 3.8) is 0 Å². The van der Waals surface area contributed by atoms with Gasteiger partial charge in [-0.2, -0.15) is 0 Å². The quantitative estimate of drug-likeness (QED) is 0.813. The highest BCUT2D eigenvalue weighted by Crippen LogP contribution is 2.35. The Morgan fingerprint density at radius 2 is 1.80 bits per heavy atom. The maximum Gasteiger partial charge on any atom is 0.253 e. The van der Waals surface area contributed by atoms with Crippen molar-refractivity contribution < 1.29 is 14.4 Å². The fourth-order valence-corrected chi connectivity index (χ4v) is 4.04. The number of hydrogen-bond donors (Lipinski definition) is 1. The molecule has 0 aliphatic carbocycles. The van der Waals surface area contributed by atoms with Crippen LogP contribution in [0.15, 0.2) is 54.6 Å². The van der Waals surface area contributed by atoms with Crippen LogP contribution in [0.5, 0.6) is 5.75 Å². The van der Waals surface area contributed by atoms with E-state index in [0.717, 1.165) is 35.4 Å². The Bertz CT molecular complexity index is 949. The molecule has 0 bridgehead atoms. The molecule has 1 fully saturated rings. The molecule has 2 aliphatic rings. The van der Waals surface area contributed by atoms with Crippen LogP contribution in [0.4, 0.5) is 0 Å². The number of nitrogens with zero attached hydrogens (tertiary/aromatic N) is 1. The van der Waals surface area contributed by atoms with E-state index < -0.39 is 0 Å². The minimum atomic E-state index is -0.370. The average molecular weight is 407 g/mol. The van der Waals surface area contributed by atoms with Crippen molar-refractivity contribution >= 4 is 11.6 Å². The molecule has 0 atom stereocenters. The predicted molar refractivity (Wildman–Crippen MR) is 118 cm³/mol. The van der Waals surface area contributed by atoms with Crippen molar-refractivity contribution in [1.82, 2.24) is 10.4 Å². The first-order chi connectivity index (χ1) is 14.3. The third kappa shape index (κ3) is 4.08. The van der Waals surface area contributed by atoms with Gasteiger partial charge in [0.1, 0.15) is 11.4 Å². The SMILES string of the molecule is COc1cccc(C2=CC3(CCN(C(=O)c4ccc(C(C)(C)C)cc4)CC3)ON2)c1. The summed E-state index contributed by atoms with van der Waals surface area (Å²) in [6.45, 7) is 7.87. The van der Waals surface area contributed by atoms with Gasteiger partial charge in [-0.05, 0) is 41.3 Å². The zero-order valence-electron chi connectivity index (χ0n) is 18.2. The number of carbonyl (C=O) groups is 1. The molecule has 4 rings (SSSR count). The van der Waals surface area contributed by atoms with Gasteiger partial charge in [0.05, 0.1) is 12.8 Å². The van der Waals surface area contributed by atoms with Crippen LogP contribution in [-0.2, 0) is 10.3 Å². The van der Waals surface area contributed by atoms with E-state index in [0.29, 0.717) is 13.1 Å². The first kappa shape index (κ1) is 20.5. The molecule has 1 spiro atoms. The summed E-state index contributed by atoms with van der Waals surface area (Å²) < 4.78 is 5.32. The molecule has 1 N–H and O–H groups in total. The number of hydrogen-bond acceptors (Lipinski definition) is 4. The van der Waals surface area contributed by atoms with E-state index >= 15 is 0 Å². The lowest BCUT2D eigenvalue weighted by molar-refractivity contribution is -0.0652. The van der Waals surface area contributed by atoms with Crippen molar-refractivity contribution in [1.29, 1.82) is 0 Å². The molecular formula is C25H30N2O3. The van der Waals surface area contributed by atoms with Gasteiger partial charge in [-0.25, -0.2) is 0 Å². The molecule has 2 aliphatic heterocycles. The maximum absolute atomic E-state index is 13.0. The Hall–Kier alpha value is -2.79. The lowest BCUT2D eigenvalue weighted by Gasteiger charge is -2.36. The first-order valence-electron chi connectivity index (χ1n) is 10.5. The fraction of sp³-hybridized carbons (Fsp3) is 0.400. The number of nitrogens with one attached hydrogen (secondary N) is 1. The Labute approximate surface area is 178 Å². The van der Waals surface area contributed by atoms with Crippen molar-refractivity contribution in [3.05, 3.63) is 71.3 Å². The number of hydroxylamine groups is 1. The van der Waals surface area contributed by atoms with E-state index in [1.54, 1.807) is 7.11 Å². The van der Waals surface area contributed by atoms with E-state index in [1.807, 2.05) is 41.3 Å². The summed E-state index contributed by atoms with van der Waals surface area (Å²) in [5.41, 5.74) is 6.76. The Morgan fingerprint density at radius 3 is 2.43 bits per heavy atom. The van der Waals surface area contributed by atoms with Crippen LogP contribution in [0.25, 0.3) is 5.70 Å². The molecule has 0 radical (unpaired) electrons. The van der Waals surface area contributed by atoms with E-state index in [9.17, 15) is 4.79 Å². The summed E-state index contributed by atoms with van der Waals surface area (Å²) in [4.78, 5) is 20.9. The third-order valence-electron chi connectivity index (χ3n) is 6.05. The van der Waals surface area contributed by atoms with E-state index in [-0.39, 0.29) is 16.9 Å². The number of carbonyl (C=O) groups excluding carboxylic acids is 1. The zero-order valence-corrected chi connectivity index (χ0v) is 18.2. The number of ether oxygens (including phenoxy) is 1. The largest absolute Gasteiger partial charge is 0.497 e. The van der Waals surface area contributed by atoms with E-state index in [4.69, 9.17) is 9.57 Å². The number of benzene rings is 2. The lowest BCUT2D eigenvalue weighted by Crippen LogP contribution is -2.46. The highest BCUT2D eigenvalue weighted by Gasteiger charge is 2.40. The van der Waals surface area contributed by atoms with Crippen LogP contribution in [0.1, 0.15) is 55.1 Å². The molecule has 30 heavy (non-hydrogen) atoms. The monoisotopic (exact) mass is 406 g/mol. The number of methoxy groups -OCH3 is 1. The molecule has 1 saturated heterocycles. The standard InChI is InChI=1S/C25H30N2O3/c1-24(2,3)20-10-8-18(9-11-20)23(28)27-14-12-25(13-15-27)17-22(26-30-25)19-6-5-7-21(16-19)29-4/h5-11,16-17,26H,12-15H2,1-4H3. The van der Waals surface area contributed by atoms with Crippen molar-refractivity contribution in [2.45, 2.75) is 44.6 Å². The molecule has 5 heteroatoms. The summed E-state index contributed by atoms with van der Waals surface area (Å²) in [5, 5.41) is 0. The highest BCUT2D eigenvalue weighted by atomic mass is 16.7. The molecule has 0 unspecified atom stereocenters. The summed E-state index contributed by atoms with van der Waals surface area (Å²) in [6, 6.07) is 15.9. The molecule has 0 saturated carbocycles. The molecule has 0 aromatic heterocycles. The Balaban J connectivity index is 1.42. The van der Waals surface area contributed by atoms with Gasteiger partial charge < -0.3 is 9.64 Å². The first-order valence-corrected chi connectivity index (χ1v) is 10.5. The van der Waals surface area contributed by atoms with Crippen LogP contribution < -0.4 is 10.2 Å². The van der Waals surface area contributed by atoms with Gasteiger partial charge >= 0.3 is 0 Å². The van der Waals surface area contributed by atoms with Crippen LogP contribution in [0.3, 0.4) is 0 Å². The van der Waals surface area contributed by atoms with Gasteiger partial charge in [0.25, 0.3) is 5.91 Å². The van der Waals surface area contributed by atoms with Crippen molar-refractivity contribution in [2.75, 3.05) is 20.2 Å². The maximum atomic E-state index is 13.0. The number of likely N-dealkylation sites (tertiary alicyclic amines) is 1. The number of rotatable bonds is 3. The van der Waals surface area contributed by atoms with E-state index in [1.165, 1.54) is 5.56 Å². The number of amides is 1. The van der Waals surface area contributed by atoms with Gasteiger partial charge in [-0.1, -0.05) is 45.0 Å². The van der Waals surface area contributed by atoms with Crippen LogP contribution in [-0.4, -0.2) is 36.6 Å². The molecule has 2 aromatic carbocycles. The van der Waals surface area contributed by atoms with Crippen LogP contribution in [0.2, 0.25) is 0 Å². The summed E-state index contributed by atoms with van der Waals surface area (Å²) in [5.74, 6) is 0.905. The smallest absolute Gasteiger partial charge is 0.253 e. The normalized spacial score (nSPS) is 18.1. The molecular weight excluding hydrogens is 376 g/mol. The predicted octanol–water partition coefficient (Wildman–Crippen LogP) is 4.54. The van der Waals surface area contributed by atoms with Gasteiger partial charge in [-0.3, -0.25) is 15.1 Å². The topological polar surface area (TPSA) is 50.8 Å². The van der Waals surface area contributed by atoms with Gasteiger partial charge in [0, 0.05) is 37.1 Å². The summed E-state index contributed by atoms with van der Waals surface area (Å²) in [7, 11) is 1.66. The minimum absolute atomic E-state index is 0.0821. The molecule has 2 aromatic rings. The van der Waals surface area contributed by atoms with Crippen LogP contribution in [0, 0.1) is 0 Å². The lowest BCUT2D eigenvalue weighted by atomic mass is 9.86. The van der Waals surface area contributed by atoms with E-state index in [2.05, 4.69) is 44.5 Å². The fourth-order valence-electron chi connectivity index (χ4n) is 4.04. The Morgan fingerprint density at radius 1 is 1.10 bits per heavy atom. The average Bonchev–Trinajstić information content (AvgIpc) is 3.17. The zero-order chi connectivity index (χ0) is 21.4. The summed E-state index contributed by atoms with van der Waals surface area (Å²) in [6.07, 6.45) is 3.68. The highest BCUT2D eigenvalue weighted by molar-refractivity contribution is 5.94. The second-order valence-electron chi connectivity index (χ2n) is 9.18. The summed E-state index contributed by atoms with van der Waals surface area (Å²) >= 11 is 0. The third-order valence-corrected chi connectivity index (χ3v) is 6.05. The second-order valence-corrected chi connectivity index (χ2v) is 9.18. The van der Waals surface area contributed by atoms with Gasteiger partial charge in [0.2, 0.25) is 0 Å².